The molecule has 148 valence electrons. The fourth-order valence-corrected chi connectivity index (χ4v) is 3.20. The highest BCUT2D eigenvalue weighted by Crippen LogP contribution is 2.27. The molecule has 2 rings (SSSR count). The van der Waals surface area contributed by atoms with Crippen molar-refractivity contribution in [2.24, 2.45) is 0 Å². The van der Waals surface area contributed by atoms with Crippen molar-refractivity contribution in [3.63, 3.8) is 0 Å². The van der Waals surface area contributed by atoms with Crippen molar-refractivity contribution in [3.05, 3.63) is 40.6 Å². The number of unbranched alkanes of at least 4 members (excludes halogenated alkanes) is 1. The topological polar surface area (TPSA) is 67.4 Å². The molecule has 1 aliphatic carbocycles. The van der Waals surface area contributed by atoms with Crippen molar-refractivity contribution >= 4 is 11.7 Å². The first-order valence-electron chi connectivity index (χ1n) is 9.97. The molecule has 1 amide bonds. The third-order valence-corrected chi connectivity index (χ3v) is 5.03. The van der Waals surface area contributed by atoms with Crippen molar-refractivity contribution in [1.29, 1.82) is 0 Å². The van der Waals surface area contributed by atoms with Crippen molar-refractivity contribution in [2.45, 2.75) is 59.3 Å². The number of ketones is 1. The van der Waals surface area contributed by atoms with E-state index in [9.17, 15) is 9.59 Å². The zero-order chi connectivity index (χ0) is 19.6. The van der Waals surface area contributed by atoms with Gasteiger partial charge in [-0.15, -0.1) is 0 Å². The highest BCUT2D eigenvalue weighted by atomic mass is 16.5. The fourth-order valence-electron chi connectivity index (χ4n) is 3.20. The molecule has 1 fully saturated rings. The predicted octanol–water partition coefficient (Wildman–Crippen LogP) is 3.77. The Kier molecular flexibility index (Phi) is 8.37. The van der Waals surface area contributed by atoms with E-state index in [4.69, 9.17) is 4.74 Å². The van der Waals surface area contributed by atoms with E-state index in [2.05, 4.69) is 17.6 Å². The lowest BCUT2D eigenvalue weighted by Gasteiger charge is -2.20. The minimum Gasteiger partial charge on any atom is -0.483 e. The highest BCUT2D eigenvalue weighted by molar-refractivity contribution is 5.96. The van der Waals surface area contributed by atoms with Crippen molar-refractivity contribution < 1.29 is 14.3 Å². The Bertz CT molecular complexity index is 689. The van der Waals surface area contributed by atoms with E-state index in [0.29, 0.717) is 24.3 Å². The summed E-state index contributed by atoms with van der Waals surface area (Å²) in [5.41, 5.74) is 4.41. The van der Waals surface area contributed by atoms with Crippen LogP contribution in [0.2, 0.25) is 0 Å². The standard InChI is InChI=1S/C22H32N2O3/c1-4-19-20(17(3)25)11-8-12-21(19)27-15-22(26)24-14-6-5-13-23-16(2)18-9-7-10-18/h8,11-12,23H,4-7,9-10,13-15H2,1-3H3,(H,24,26). The maximum atomic E-state index is 12.0. The van der Waals surface area contributed by atoms with Crippen molar-refractivity contribution in [1.82, 2.24) is 10.6 Å². The van der Waals surface area contributed by atoms with Gasteiger partial charge in [0.05, 0.1) is 0 Å². The van der Waals surface area contributed by atoms with Crippen LogP contribution in [-0.4, -0.2) is 31.4 Å². The molecular weight excluding hydrogens is 340 g/mol. The highest BCUT2D eigenvalue weighted by Gasteiger charge is 2.13. The van der Waals surface area contributed by atoms with E-state index in [1.165, 1.54) is 25.0 Å². The first-order chi connectivity index (χ1) is 13.0. The molecular formula is C22H32N2O3. The Morgan fingerprint density at radius 3 is 2.37 bits per heavy atom. The maximum Gasteiger partial charge on any atom is 0.257 e. The Labute approximate surface area is 162 Å². The van der Waals surface area contributed by atoms with Gasteiger partial charge in [0.15, 0.2) is 12.4 Å². The summed E-state index contributed by atoms with van der Waals surface area (Å²) in [4.78, 5) is 23.7. The smallest absolute Gasteiger partial charge is 0.257 e. The molecule has 5 heteroatoms. The molecule has 1 aromatic rings. The monoisotopic (exact) mass is 372 g/mol. The van der Waals surface area contributed by atoms with Gasteiger partial charge in [0.25, 0.3) is 5.91 Å². The Hall–Kier alpha value is -2.30. The molecule has 1 aliphatic rings. The quantitative estimate of drug-likeness (QED) is 0.458. The number of allylic oxidation sites excluding steroid dienone is 2. The lowest BCUT2D eigenvalue weighted by Crippen LogP contribution is -2.30. The van der Waals surface area contributed by atoms with Crippen LogP contribution in [0.15, 0.2) is 29.5 Å². The van der Waals surface area contributed by atoms with E-state index in [-0.39, 0.29) is 18.3 Å². The van der Waals surface area contributed by atoms with Crippen LogP contribution in [0.3, 0.4) is 0 Å². The SMILES string of the molecule is CCc1c(OCC(=O)NCCCCNC(C)=C2CCC2)cccc1C(C)=O. The number of benzene rings is 1. The molecule has 5 nitrogen and oxygen atoms in total. The number of nitrogens with one attached hydrogen (secondary N) is 2. The summed E-state index contributed by atoms with van der Waals surface area (Å²) in [5.74, 6) is 0.494. The van der Waals surface area contributed by atoms with Gasteiger partial charge in [-0.25, -0.2) is 0 Å². The summed E-state index contributed by atoms with van der Waals surface area (Å²) in [5, 5.41) is 6.35. The van der Waals surface area contributed by atoms with Gasteiger partial charge in [-0.3, -0.25) is 9.59 Å². The van der Waals surface area contributed by atoms with E-state index in [1.54, 1.807) is 24.6 Å². The first-order valence-corrected chi connectivity index (χ1v) is 9.97. The molecule has 0 atom stereocenters. The van der Waals surface area contributed by atoms with E-state index in [0.717, 1.165) is 24.9 Å². The summed E-state index contributed by atoms with van der Waals surface area (Å²) in [6.45, 7) is 7.24. The number of ether oxygens (including phenoxy) is 1. The summed E-state index contributed by atoms with van der Waals surface area (Å²) >= 11 is 0. The molecule has 0 spiro atoms. The normalized spacial score (nSPS) is 12.9. The summed E-state index contributed by atoms with van der Waals surface area (Å²) in [6, 6.07) is 5.39. The summed E-state index contributed by atoms with van der Waals surface area (Å²) < 4.78 is 5.65. The largest absolute Gasteiger partial charge is 0.483 e. The Morgan fingerprint density at radius 2 is 1.78 bits per heavy atom. The third kappa shape index (κ3) is 6.42. The van der Waals surface area contributed by atoms with E-state index < -0.39 is 0 Å². The summed E-state index contributed by atoms with van der Waals surface area (Å²) in [7, 11) is 0. The number of carbonyl (C=O) groups is 2. The van der Waals surface area contributed by atoms with Crippen LogP contribution in [-0.2, 0) is 11.2 Å². The Balaban J connectivity index is 1.65. The van der Waals surface area contributed by atoms with Crippen molar-refractivity contribution in [2.75, 3.05) is 19.7 Å². The van der Waals surface area contributed by atoms with Crippen LogP contribution in [0.4, 0.5) is 0 Å². The molecule has 0 aliphatic heterocycles. The van der Waals surface area contributed by atoms with E-state index >= 15 is 0 Å². The van der Waals surface area contributed by atoms with Gasteiger partial charge in [-0.1, -0.05) is 24.6 Å². The molecule has 0 aromatic heterocycles. The summed E-state index contributed by atoms with van der Waals surface area (Å²) in [6.07, 6.45) is 6.44. The zero-order valence-electron chi connectivity index (χ0n) is 16.8. The molecule has 2 N–H and O–H groups in total. The maximum absolute atomic E-state index is 12.0. The van der Waals surface area contributed by atoms with Gasteiger partial charge in [-0.05, 0) is 58.4 Å². The zero-order valence-corrected chi connectivity index (χ0v) is 16.8. The fraction of sp³-hybridized carbons (Fsp3) is 0.545. The second-order valence-electron chi connectivity index (χ2n) is 7.05. The lowest BCUT2D eigenvalue weighted by molar-refractivity contribution is -0.123. The van der Waals surface area contributed by atoms with Crippen LogP contribution in [0.5, 0.6) is 5.75 Å². The van der Waals surface area contributed by atoms with Gasteiger partial charge in [0.2, 0.25) is 0 Å². The van der Waals surface area contributed by atoms with Crippen LogP contribution in [0.25, 0.3) is 0 Å². The average molecular weight is 373 g/mol. The van der Waals surface area contributed by atoms with Crippen LogP contribution in [0, 0.1) is 0 Å². The number of carbonyl (C=O) groups excluding carboxylic acids is 2. The van der Waals surface area contributed by atoms with Crippen LogP contribution < -0.4 is 15.4 Å². The molecule has 1 aromatic carbocycles. The number of hydrogen-bond acceptors (Lipinski definition) is 4. The first kappa shape index (κ1) is 21.0. The predicted molar refractivity (Wildman–Crippen MR) is 108 cm³/mol. The Morgan fingerprint density at radius 1 is 1.07 bits per heavy atom. The molecule has 0 saturated heterocycles. The third-order valence-electron chi connectivity index (χ3n) is 5.03. The molecule has 0 radical (unpaired) electrons. The number of amides is 1. The van der Waals surface area contributed by atoms with Crippen LogP contribution >= 0.6 is 0 Å². The minimum absolute atomic E-state index is 0.0125. The van der Waals surface area contributed by atoms with Gasteiger partial charge in [0, 0.05) is 29.9 Å². The molecule has 1 saturated carbocycles. The van der Waals surface area contributed by atoms with Crippen molar-refractivity contribution in [3.8, 4) is 5.75 Å². The van der Waals surface area contributed by atoms with Crippen LogP contribution in [0.1, 0.15) is 68.8 Å². The second-order valence-corrected chi connectivity index (χ2v) is 7.05. The van der Waals surface area contributed by atoms with Gasteiger partial charge in [0.1, 0.15) is 5.75 Å². The molecule has 27 heavy (non-hydrogen) atoms. The van der Waals surface area contributed by atoms with Gasteiger partial charge >= 0.3 is 0 Å². The number of rotatable bonds is 11. The molecule has 0 heterocycles. The second kappa shape index (κ2) is 10.8. The minimum atomic E-state index is -0.133. The number of hydrogen-bond donors (Lipinski definition) is 2. The molecule has 0 bridgehead atoms. The van der Waals surface area contributed by atoms with Gasteiger partial charge < -0.3 is 15.4 Å². The average Bonchev–Trinajstić information content (AvgIpc) is 2.60. The van der Waals surface area contributed by atoms with Gasteiger partial charge in [-0.2, -0.15) is 0 Å². The number of Topliss-reactive ketones (excluding diaryl/α,β-unsaturated/α-hetero) is 1. The lowest BCUT2D eigenvalue weighted by atomic mass is 9.91. The van der Waals surface area contributed by atoms with E-state index in [1.807, 2.05) is 13.0 Å². The molecule has 0 unspecified atom stereocenters.